The summed E-state index contributed by atoms with van der Waals surface area (Å²) in [6.45, 7) is 3.63. The Balaban J connectivity index is 1.87. The number of amides is 1. The zero-order chi connectivity index (χ0) is 21.7. The molecule has 0 aliphatic rings. The van der Waals surface area contributed by atoms with Gasteiger partial charge in [0.15, 0.2) is 0 Å². The summed E-state index contributed by atoms with van der Waals surface area (Å²) in [6.07, 6.45) is 1.11. The molecule has 1 atom stereocenters. The van der Waals surface area contributed by atoms with Gasteiger partial charge in [-0.25, -0.2) is 8.42 Å². The Bertz CT molecular complexity index is 1090. The molecule has 5 nitrogen and oxygen atoms in total. The minimum atomic E-state index is -3.62. The van der Waals surface area contributed by atoms with Crippen LogP contribution in [0.3, 0.4) is 0 Å². The maximum atomic E-state index is 12.9. The number of aryl methyl sites for hydroxylation is 2. The number of rotatable bonds is 7. The van der Waals surface area contributed by atoms with E-state index in [9.17, 15) is 13.2 Å². The molecule has 0 spiro atoms. The fourth-order valence-corrected chi connectivity index (χ4v) is 4.07. The third-order valence-corrected chi connectivity index (χ3v) is 6.00. The first kappa shape index (κ1) is 21.6. The third-order valence-electron chi connectivity index (χ3n) is 4.86. The first-order chi connectivity index (χ1) is 14.2. The summed E-state index contributed by atoms with van der Waals surface area (Å²) in [5.41, 5.74) is 4.46. The van der Waals surface area contributed by atoms with Gasteiger partial charge in [0.25, 0.3) is 0 Å². The largest absolute Gasteiger partial charge is 0.344 e. The zero-order valence-electron chi connectivity index (χ0n) is 17.4. The van der Waals surface area contributed by atoms with Crippen molar-refractivity contribution in [1.82, 2.24) is 5.32 Å². The summed E-state index contributed by atoms with van der Waals surface area (Å²) in [7, 11) is -3.62. The van der Waals surface area contributed by atoms with Gasteiger partial charge in [-0.05, 0) is 37.1 Å². The molecular weight excluding hydrogens is 396 g/mol. The van der Waals surface area contributed by atoms with Crippen LogP contribution in [-0.2, 0) is 14.8 Å². The van der Waals surface area contributed by atoms with Crippen LogP contribution in [0.1, 0.15) is 28.3 Å². The van der Waals surface area contributed by atoms with Gasteiger partial charge in [0.2, 0.25) is 15.9 Å². The van der Waals surface area contributed by atoms with Gasteiger partial charge in [-0.15, -0.1) is 0 Å². The van der Waals surface area contributed by atoms with Crippen molar-refractivity contribution < 1.29 is 13.2 Å². The van der Waals surface area contributed by atoms with E-state index in [-0.39, 0.29) is 18.5 Å². The van der Waals surface area contributed by atoms with Crippen LogP contribution in [0.2, 0.25) is 0 Å². The van der Waals surface area contributed by atoms with Crippen molar-refractivity contribution in [3.8, 4) is 0 Å². The summed E-state index contributed by atoms with van der Waals surface area (Å²) >= 11 is 0. The van der Waals surface area contributed by atoms with Crippen LogP contribution < -0.4 is 9.62 Å². The van der Waals surface area contributed by atoms with E-state index in [1.54, 1.807) is 12.1 Å². The Morgan fingerprint density at radius 1 is 0.833 bits per heavy atom. The van der Waals surface area contributed by atoms with Crippen molar-refractivity contribution >= 4 is 21.6 Å². The number of benzene rings is 3. The first-order valence-corrected chi connectivity index (χ1v) is 11.5. The lowest BCUT2D eigenvalue weighted by Crippen LogP contribution is -2.41. The molecule has 0 radical (unpaired) electrons. The molecule has 0 aromatic heterocycles. The van der Waals surface area contributed by atoms with Gasteiger partial charge >= 0.3 is 0 Å². The van der Waals surface area contributed by atoms with Crippen LogP contribution in [-0.4, -0.2) is 27.1 Å². The molecule has 0 aliphatic carbocycles. The molecule has 30 heavy (non-hydrogen) atoms. The highest BCUT2D eigenvalue weighted by molar-refractivity contribution is 7.92. The van der Waals surface area contributed by atoms with Crippen molar-refractivity contribution in [3.05, 3.63) is 101 Å². The quantitative estimate of drug-likeness (QED) is 0.626. The van der Waals surface area contributed by atoms with Crippen molar-refractivity contribution in [2.24, 2.45) is 0 Å². The molecular formula is C24H26N2O3S. The minimum absolute atomic E-state index is 0.295. The number of nitrogens with one attached hydrogen (secondary N) is 1. The summed E-state index contributed by atoms with van der Waals surface area (Å²) in [4.78, 5) is 12.9. The fourth-order valence-electron chi connectivity index (χ4n) is 3.21. The molecule has 1 N–H and O–H groups in total. The third kappa shape index (κ3) is 5.48. The molecule has 3 aromatic rings. The van der Waals surface area contributed by atoms with E-state index in [1.807, 2.05) is 80.6 Å². The van der Waals surface area contributed by atoms with Gasteiger partial charge in [0, 0.05) is 0 Å². The van der Waals surface area contributed by atoms with Gasteiger partial charge < -0.3 is 5.32 Å². The highest BCUT2D eigenvalue weighted by Crippen LogP contribution is 2.23. The van der Waals surface area contributed by atoms with Crippen molar-refractivity contribution in [2.45, 2.75) is 19.9 Å². The Morgan fingerprint density at radius 2 is 1.33 bits per heavy atom. The van der Waals surface area contributed by atoms with E-state index >= 15 is 0 Å². The van der Waals surface area contributed by atoms with E-state index in [0.29, 0.717) is 5.69 Å². The van der Waals surface area contributed by atoms with Crippen molar-refractivity contribution in [3.63, 3.8) is 0 Å². The highest BCUT2D eigenvalue weighted by atomic mass is 32.2. The number of hydrogen-bond donors (Lipinski definition) is 1. The second-order valence-electron chi connectivity index (χ2n) is 7.43. The summed E-state index contributed by atoms with van der Waals surface area (Å²) in [5, 5.41) is 3.01. The maximum absolute atomic E-state index is 12.9. The molecule has 0 bridgehead atoms. The maximum Gasteiger partial charge on any atom is 0.241 e. The van der Waals surface area contributed by atoms with E-state index in [1.165, 1.54) is 0 Å². The Labute approximate surface area is 178 Å². The topological polar surface area (TPSA) is 66.5 Å². The first-order valence-electron chi connectivity index (χ1n) is 9.69. The van der Waals surface area contributed by atoms with Crippen molar-refractivity contribution in [1.29, 1.82) is 0 Å². The molecule has 0 saturated carbocycles. The molecule has 6 heteroatoms. The number of carbonyl (C=O) groups excluding carboxylic acids is 1. The van der Waals surface area contributed by atoms with E-state index in [4.69, 9.17) is 0 Å². The van der Waals surface area contributed by atoms with Crippen LogP contribution in [0, 0.1) is 13.8 Å². The Hall–Kier alpha value is -3.12. The molecule has 3 aromatic carbocycles. The van der Waals surface area contributed by atoms with E-state index in [2.05, 4.69) is 5.32 Å². The number of carbonyl (C=O) groups is 1. The summed E-state index contributed by atoms with van der Waals surface area (Å²) in [5.74, 6) is -0.379. The van der Waals surface area contributed by atoms with Gasteiger partial charge in [0.1, 0.15) is 6.54 Å². The molecule has 0 fully saturated rings. The lowest BCUT2D eigenvalue weighted by atomic mass is 9.98. The van der Waals surface area contributed by atoms with Gasteiger partial charge in [-0.1, -0.05) is 77.9 Å². The minimum Gasteiger partial charge on any atom is -0.344 e. The predicted octanol–water partition coefficient (Wildman–Crippen LogP) is 3.98. The van der Waals surface area contributed by atoms with Crippen LogP contribution in [0.4, 0.5) is 5.69 Å². The van der Waals surface area contributed by atoms with Crippen LogP contribution in [0.25, 0.3) is 0 Å². The van der Waals surface area contributed by atoms with E-state index < -0.39 is 10.0 Å². The van der Waals surface area contributed by atoms with Crippen LogP contribution in [0.5, 0.6) is 0 Å². The molecule has 156 valence electrons. The number of sulfonamides is 1. The summed E-state index contributed by atoms with van der Waals surface area (Å²) < 4.78 is 25.8. The van der Waals surface area contributed by atoms with Gasteiger partial charge in [-0.2, -0.15) is 0 Å². The Morgan fingerprint density at radius 3 is 1.87 bits per heavy atom. The van der Waals surface area contributed by atoms with Gasteiger partial charge in [-0.3, -0.25) is 9.10 Å². The molecule has 1 amide bonds. The average Bonchev–Trinajstić information content (AvgIpc) is 2.72. The highest BCUT2D eigenvalue weighted by Gasteiger charge is 2.23. The molecule has 0 heterocycles. The normalized spacial score (nSPS) is 12.2. The number of hydrogen-bond acceptors (Lipinski definition) is 3. The molecule has 0 unspecified atom stereocenters. The average molecular weight is 423 g/mol. The summed E-state index contributed by atoms with van der Waals surface area (Å²) in [6, 6.07) is 24.3. The standard InChI is InChI=1S/C24H26N2O3S/c1-18-9-13-21(14-10-18)24(20-7-5-4-6-8-20)25-23(27)17-26(30(3,28)29)22-15-11-19(2)12-16-22/h4-16,24H,17H2,1-3H3,(H,25,27)/t24-/m1/s1. The van der Waals surface area contributed by atoms with Gasteiger partial charge in [0.05, 0.1) is 18.0 Å². The fraction of sp³-hybridized carbons (Fsp3) is 0.208. The second kappa shape index (κ2) is 9.13. The number of anilines is 1. The lowest BCUT2D eigenvalue weighted by molar-refractivity contribution is -0.120. The molecule has 0 saturated heterocycles. The monoisotopic (exact) mass is 422 g/mol. The lowest BCUT2D eigenvalue weighted by Gasteiger charge is -2.25. The van der Waals surface area contributed by atoms with Crippen molar-refractivity contribution in [2.75, 3.05) is 17.1 Å². The van der Waals surface area contributed by atoms with Crippen LogP contribution >= 0.6 is 0 Å². The smallest absolute Gasteiger partial charge is 0.241 e. The predicted molar refractivity (Wildman–Crippen MR) is 121 cm³/mol. The van der Waals surface area contributed by atoms with Crippen LogP contribution in [0.15, 0.2) is 78.9 Å². The molecule has 0 aliphatic heterocycles. The van der Waals surface area contributed by atoms with E-state index in [0.717, 1.165) is 32.8 Å². The Kier molecular flexibility index (Phi) is 6.57. The second-order valence-corrected chi connectivity index (χ2v) is 9.33. The molecule has 3 rings (SSSR count). The zero-order valence-corrected chi connectivity index (χ0v) is 18.2. The SMILES string of the molecule is Cc1ccc([C@H](NC(=O)CN(c2ccc(C)cc2)S(C)(=O)=O)c2ccccc2)cc1. The number of nitrogens with zero attached hydrogens (tertiary/aromatic N) is 1.